The van der Waals surface area contributed by atoms with E-state index in [4.69, 9.17) is 16.1 Å². The first kappa shape index (κ1) is 23.6. The third-order valence-electron chi connectivity index (χ3n) is 5.11. The number of aromatic hydroxyl groups is 2. The molecule has 0 saturated carbocycles. The number of phenols is 2. The smallest absolute Gasteiger partial charge is 0.339 e. The van der Waals surface area contributed by atoms with Gasteiger partial charge in [0.1, 0.15) is 34.0 Å². The van der Waals surface area contributed by atoms with E-state index >= 15 is 0 Å². The molecule has 1 heterocycles. The number of aliphatic imine (C=N–C) groups is 1. The summed E-state index contributed by atoms with van der Waals surface area (Å²) in [7, 11) is 0. The van der Waals surface area contributed by atoms with Crippen molar-refractivity contribution in [2.45, 2.75) is 0 Å². The summed E-state index contributed by atoms with van der Waals surface area (Å²) in [5.74, 6) is 2.24. The van der Waals surface area contributed by atoms with Crippen LogP contribution in [0.2, 0.25) is 0 Å². The fraction of sp³-hybridized carbons (Fsp3) is 0. The lowest BCUT2D eigenvalue weighted by Crippen LogP contribution is -2.06. The molecule has 1 aromatic heterocycles. The van der Waals surface area contributed by atoms with Crippen LogP contribution >= 0.6 is 0 Å². The van der Waals surface area contributed by atoms with Gasteiger partial charge in [-0.3, -0.25) is 4.99 Å². The van der Waals surface area contributed by atoms with Gasteiger partial charge in [0.25, 0.3) is 0 Å². The third-order valence-corrected chi connectivity index (χ3v) is 5.11. The van der Waals surface area contributed by atoms with Crippen LogP contribution in [0.3, 0.4) is 0 Å². The maximum atomic E-state index is 11.1. The highest BCUT2D eigenvalue weighted by molar-refractivity contribution is 6.38. The number of hydrogen-bond acceptors (Lipinski definition) is 9. The van der Waals surface area contributed by atoms with Crippen LogP contribution in [0.4, 0.5) is 5.69 Å². The first-order valence-electron chi connectivity index (χ1n) is 10.2. The van der Waals surface area contributed by atoms with Gasteiger partial charge in [-0.2, -0.15) is 5.10 Å². The minimum atomic E-state index is -1.25. The predicted octanol–water partition coefficient (Wildman–Crippen LogP) is 2.81. The molecule has 180 valence electrons. The number of nitrogens with two attached hydrogens (primary N) is 1. The van der Waals surface area contributed by atoms with Gasteiger partial charge >= 0.3 is 11.9 Å². The first-order valence-corrected chi connectivity index (χ1v) is 10.2. The van der Waals surface area contributed by atoms with Crippen LogP contribution in [-0.4, -0.2) is 59.3 Å². The second kappa shape index (κ2) is 9.77. The molecule has 0 radical (unpaired) electrons. The number of hydrogen-bond donors (Lipinski definition) is 5. The summed E-state index contributed by atoms with van der Waals surface area (Å²) in [5.41, 5.74) is 2.31. The lowest BCUT2D eigenvalue weighted by molar-refractivity contribution is 0.0682. The summed E-state index contributed by atoms with van der Waals surface area (Å²) in [4.78, 5) is 26.3. The largest absolute Gasteiger partial charge is 0.507 e. The fourth-order valence-electron chi connectivity index (χ4n) is 3.30. The van der Waals surface area contributed by atoms with Gasteiger partial charge in [0.05, 0.1) is 23.8 Å². The Balaban J connectivity index is 1.58. The van der Waals surface area contributed by atoms with Crippen LogP contribution in [0.25, 0.3) is 16.9 Å². The van der Waals surface area contributed by atoms with Crippen molar-refractivity contribution in [3.05, 3.63) is 83.6 Å². The van der Waals surface area contributed by atoms with Crippen molar-refractivity contribution in [1.82, 2.24) is 15.0 Å². The molecule has 0 fully saturated rings. The number of benzene rings is 3. The van der Waals surface area contributed by atoms with Gasteiger partial charge in [0, 0.05) is 23.3 Å². The zero-order valence-corrected chi connectivity index (χ0v) is 18.3. The first-order chi connectivity index (χ1) is 17.3. The SMILES string of the molecule is N/N=C(\C=Nc1ccc(C(=O)O)c(O)c1)c1cccc(-c2cn(-c3ccc(C(=O)O)c(O)c3)nn2)c1. The van der Waals surface area contributed by atoms with E-state index in [-0.39, 0.29) is 11.1 Å². The van der Waals surface area contributed by atoms with E-state index in [0.29, 0.717) is 33.9 Å². The molecule has 0 amide bonds. The summed E-state index contributed by atoms with van der Waals surface area (Å²) in [6.07, 6.45) is 2.98. The molecule has 12 nitrogen and oxygen atoms in total. The van der Waals surface area contributed by atoms with Crippen molar-refractivity contribution in [1.29, 1.82) is 0 Å². The standard InChI is InChI=1S/C24H18N6O6/c25-27-19(11-26-15-4-6-17(23(33)34)21(31)9-15)13-2-1-3-14(8-13)20-12-30(29-28-20)16-5-7-18(24(35)36)22(32)10-16/h1-12,31-32H,25H2,(H,33,34)(H,35,36)/b26-11?,27-19+. The molecule has 4 aromatic rings. The Labute approximate surface area is 202 Å². The lowest BCUT2D eigenvalue weighted by Gasteiger charge is -2.04. The van der Waals surface area contributed by atoms with Gasteiger partial charge < -0.3 is 26.3 Å². The van der Waals surface area contributed by atoms with Crippen molar-refractivity contribution < 1.29 is 30.0 Å². The van der Waals surface area contributed by atoms with E-state index in [1.54, 1.807) is 30.5 Å². The average molecular weight is 486 g/mol. The molecule has 0 bridgehead atoms. The van der Waals surface area contributed by atoms with E-state index in [9.17, 15) is 19.8 Å². The Kier molecular flexibility index (Phi) is 6.41. The molecule has 0 aliphatic carbocycles. The zero-order chi connectivity index (χ0) is 25.8. The van der Waals surface area contributed by atoms with Crippen LogP contribution in [0.1, 0.15) is 26.3 Å². The molecule has 0 saturated heterocycles. The monoisotopic (exact) mass is 486 g/mol. The van der Waals surface area contributed by atoms with Gasteiger partial charge in [0.2, 0.25) is 0 Å². The number of aromatic carboxylic acids is 2. The Morgan fingerprint density at radius 1 is 0.917 bits per heavy atom. The molecule has 4 rings (SSSR count). The summed E-state index contributed by atoms with van der Waals surface area (Å²) < 4.78 is 1.39. The molecule has 0 atom stereocenters. The highest BCUT2D eigenvalue weighted by Gasteiger charge is 2.13. The summed E-state index contributed by atoms with van der Waals surface area (Å²) >= 11 is 0. The summed E-state index contributed by atoms with van der Waals surface area (Å²) in [6, 6.07) is 15.0. The molecule has 3 aromatic carbocycles. The maximum Gasteiger partial charge on any atom is 0.339 e. The molecule has 0 aliphatic heterocycles. The Hall–Kier alpha value is -5.52. The Bertz CT molecular complexity index is 1540. The van der Waals surface area contributed by atoms with Crippen LogP contribution in [-0.2, 0) is 0 Å². The fourth-order valence-corrected chi connectivity index (χ4v) is 3.30. The van der Waals surface area contributed by atoms with Crippen molar-refractivity contribution in [3.8, 4) is 28.4 Å². The van der Waals surface area contributed by atoms with Crippen LogP contribution in [0, 0.1) is 0 Å². The maximum absolute atomic E-state index is 11.1. The quantitative estimate of drug-likeness (QED) is 0.148. The van der Waals surface area contributed by atoms with Crippen molar-refractivity contribution in [2.24, 2.45) is 15.9 Å². The highest BCUT2D eigenvalue weighted by atomic mass is 16.4. The van der Waals surface area contributed by atoms with Gasteiger partial charge in [-0.15, -0.1) is 5.10 Å². The topological polar surface area (TPSA) is 197 Å². The highest BCUT2D eigenvalue weighted by Crippen LogP contribution is 2.25. The van der Waals surface area contributed by atoms with Gasteiger partial charge in [0.15, 0.2) is 0 Å². The number of rotatable bonds is 7. The average Bonchev–Trinajstić information content (AvgIpc) is 3.35. The Morgan fingerprint density at radius 3 is 2.25 bits per heavy atom. The molecule has 0 aliphatic rings. The number of carbonyl (C=O) groups is 2. The Morgan fingerprint density at radius 2 is 1.61 bits per heavy atom. The van der Waals surface area contributed by atoms with Crippen molar-refractivity contribution >= 4 is 29.6 Å². The van der Waals surface area contributed by atoms with E-state index in [0.717, 1.165) is 0 Å². The van der Waals surface area contributed by atoms with Crippen molar-refractivity contribution in [3.63, 3.8) is 0 Å². The lowest BCUT2D eigenvalue weighted by atomic mass is 10.1. The van der Waals surface area contributed by atoms with Gasteiger partial charge in [-0.1, -0.05) is 23.4 Å². The van der Waals surface area contributed by atoms with Crippen LogP contribution in [0.5, 0.6) is 11.5 Å². The predicted molar refractivity (Wildman–Crippen MR) is 129 cm³/mol. The molecular weight excluding hydrogens is 468 g/mol. The minimum Gasteiger partial charge on any atom is -0.507 e. The summed E-state index contributed by atoms with van der Waals surface area (Å²) in [5, 5.41) is 49.8. The van der Waals surface area contributed by atoms with E-state index in [1.807, 2.05) is 0 Å². The zero-order valence-electron chi connectivity index (χ0n) is 18.3. The van der Waals surface area contributed by atoms with Crippen LogP contribution in [0.15, 0.2) is 77.0 Å². The van der Waals surface area contributed by atoms with Crippen LogP contribution < -0.4 is 5.84 Å². The van der Waals surface area contributed by atoms with E-state index in [2.05, 4.69) is 20.4 Å². The molecule has 6 N–H and O–H groups in total. The third kappa shape index (κ3) is 4.87. The number of aromatic nitrogens is 3. The van der Waals surface area contributed by atoms with E-state index in [1.165, 1.54) is 47.3 Å². The number of carboxylic acid groups (broad SMARTS) is 2. The molecule has 0 unspecified atom stereocenters. The van der Waals surface area contributed by atoms with E-state index < -0.39 is 23.4 Å². The van der Waals surface area contributed by atoms with Gasteiger partial charge in [-0.05, 0) is 30.3 Å². The molecular formula is C24H18N6O6. The summed E-state index contributed by atoms with van der Waals surface area (Å²) in [6.45, 7) is 0. The molecule has 12 heteroatoms. The minimum absolute atomic E-state index is 0.227. The second-order valence-corrected chi connectivity index (χ2v) is 7.41. The second-order valence-electron chi connectivity index (χ2n) is 7.41. The number of hydrazone groups is 1. The molecule has 36 heavy (non-hydrogen) atoms. The molecule has 0 spiro atoms. The number of nitrogens with zero attached hydrogens (tertiary/aromatic N) is 5. The van der Waals surface area contributed by atoms with Gasteiger partial charge in [-0.25, -0.2) is 14.3 Å². The number of carboxylic acids is 2. The normalized spacial score (nSPS) is 11.6. The van der Waals surface area contributed by atoms with Crippen molar-refractivity contribution in [2.75, 3.05) is 0 Å².